The molecule has 180 valence electrons. The highest BCUT2D eigenvalue weighted by atomic mass is 16.5. The van der Waals surface area contributed by atoms with Gasteiger partial charge in [-0.2, -0.15) is 0 Å². The van der Waals surface area contributed by atoms with E-state index in [0.29, 0.717) is 28.4 Å². The number of aryl methyl sites for hydroxylation is 2. The van der Waals surface area contributed by atoms with Crippen LogP contribution in [0.25, 0.3) is 16.7 Å². The normalized spacial score (nSPS) is 10.8. The molecule has 0 bridgehead atoms. The Labute approximate surface area is 203 Å². The van der Waals surface area contributed by atoms with E-state index in [0.717, 1.165) is 22.2 Å². The van der Waals surface area contributed by atoms with Crippen molar-refractivity contribution in [1.82, 2.24) is 9.55 Å². The average molecular weight is 474 g/mol. The number of esters is 1. The van der Waals surface area contributed by atoms with Gasteiger partial charge in [-0.05, 0) is 74.4 Å². The molecule has 3 aromatic carbocycles. The third kappa shape index (κ3) is 4.55. The molecule has 35 heavy (non-hydrogen) atoms. The van der Waals surface area contributed by atoms with E-state index in [2.05, 4.69) is 10.3 Å². The topological polar surface area (TPSA) is 91.7 Å². The Morgan fingerprint density at radius 2 is 1.66 bits per heavy atom. The number of nitrogens with zero attached hydrogens (tertiary/aromatic N) is 2. The van der Waals surface area contributed by atoms with E-state index in [4.69, 9.17) is 14.2 Å². The molecule has 0 saturated carbocycles. The lowest BCUT2D eigenvalue weighted by Crippen LogP contribution is -2.17. The number of amides is 1. The molecule has 4 rings (SSSR count). The standard InChI is InChI=1S/C27H27N3O5/c1-6-35-27(32)18-10-11-21(30-15-28-19-12-16(2)17(3)13-22(19)30)20(14-18)29-26(31)25-23(33-4)8-7-9-24(25)34-5/h7-15H,6H2,1-5H3,(H,29,31). The largest absolute Gasteiger partial charge is 0.496 e. The number of rotatable bonds is 7. The summed E-state index contributed by atoms with van der Waals surface area (Å²) in [7, 11) is 2.97. The number of hydrogen-bond donors (Lipinski definition) is 1. The van der Waals surface area contributed by atoms with Crippen LogP contribution in [0.2, 0.25) is 0 Å². The molecule has 0 aliphatic carbocycles. The molecule has 8 heteroatoms. The zero-order chi connectivity index (χ0) is 25.1. The molecule has 4 aromatic rings. The number of ether oxygens (including phenoxy) is 3. The van der Waals surface area contributed by atoms with Crippen molar-refractivity contribution in [2.75, 3.05) is 26.1 Å². The fourth-order valence-corrected chi connectivity index (χ4v) is 3.90. The highest BCUT2D eigenvalue weighted by Gasteiger charge is 2.21. The highest BCUT2D eigenvalue weighted by Crippen LogP contribution is 2.32. The SMILES string of the molecule is CCOC(=O)c1ccc(-n2cnc3cc(C)c(C)cc32)c(NC(=O)c2c(OC)cccc2OC)c1. The number of nitrogens with one attached hydrogen (secondary N) is 1. The van der Waals surface area contributed by atoms with Gasteiger partial charge in [-0.1, -0.05) is 6.07 Å². The van der Waals surface area contributed by atoms with Gasteiger partial charge in [0.1, 0.15) is 23.4 Å². The Balaban J connectivity index is 1.86. The second-order valence-corrected chi connectivity index (χ2v) is 7.98. The van der Waals surface area contributed by atoms with Gasteiger partial charge in [0.15, 0.2) is 0 Å². The van der Waals surface area contributed by atoms with Crippen LogP contribution in [0.4, 0.5) is 5.69 Å². The van der Waals surface area contributed by atoms with Crippen molar-refractivity contribution >= 4 is 28.6 Å². The fraction of sp³-hybridized carbons (Fsp3) is 0.222. The molecule has 0 saturated heterocycles. The van der Waals surface area contributed by atoms with Crippen molar-refractivity contribution in [3.05, 3.63) is 77.1 Å². The number of anilines is 1. The van der Waals surface area contributed by atoms with Crippen LogP contribution in [0.1, 0.15) is 38.8 Å². The lowest BCUT2D eigenvalue weighted by molar-refractivity contribution is 0.0526. The average Bonchev–Trinajstić information content (AvgIpc) is 3.25. The maximum Gasteiger partial charge on any atom is 0.338 e. The molecule has 1 amide bonds. The molecule has 0 aliphatic rings. The molecule has 0 radical (unpaired) electrons. The number of carbonyl (C=O) groups excluding carboxylic acids is 2. The molecule has 0 aliphatic heterocycles. The Bertz CT molecular complexity index is 1400. The predicted octanol–water partition coefficient (Wildman–Crippen LogP) is 5.09. The predicted molar refractivity (Wildman–Crippen MR) is 134 cm³/mol. The Hall–Kier alpha value is -4.33. The van der Waals surface area contributed by atoms with E-state index in [-0.39, 0.29) is 12.2 Å². The summed E-state index contributed by atoms with van der Waals surface area (Å²) >= 11 is 0. The summed E-state index contributed by atoms with van der Waals surface area (Å²) in [4.78, 5) is 30.4. The van der Waals surface area contributed by atoms with Crippen molar-refractivity contribution in [2.24, 2.45) is 0 Å². The maximum absolute atomic E-state index is 13.5. The van der Waals surface area contributed by atoms with Gasteiger partial charge in [0, 0.05) is 0 Å². The molecule has 8 nitrogen and oxygen atoms in total. The van der Waals surface area contributed by atoms with E-state index >= 15 is 0 Å². The summed E-state index contributed by atoms with van der Waals surface area (Å²) in [6, 6.07) is 14.2. The number of aromatic nitrogens is 2. The van der Waals surface area contributed by atoms with Gasteiger partial charge in [-0.25, -0.2) is 9.78 Å². The summed E-state index contributed by atoms with van der Waals surface area (Å²) in [5.41, 5.74) is 5.57. The van der Waals surface area contributed by atoms with Crippen LogP contribution in [0.3, 0.4) is 0 Å². The summed E-state index contributed by atoms with van der Waals surface area (Å²) in [6.45, 7) is 6.05. The minimum atomic E-state index is -0.480. The van der Waals surface area contributed by atoms with E-state index in [1.165, 1.54) is 14.2 Å². The smallest absolute Gasteiger partial charge is 0.338 e. The summed E-state index contributed by atoms with van der Waals surface area (Å²) < 4.78 is 17.8. The Kier molecular flexibility index (Phi) is 6.73. The van der Waals surface area contributed by atoms with Gasteiger partial charge in [0.25, 0.3) is 5.91 Å². The summed E-state index contributed by atoms with van der Waals surface area (Å²) in [6.07, 6.45) is 1.70. The van der Waals surface area contributed by atoms with E-state index < -0.39 is 11.9 Å². The number of fused-ring (bicyclic) bond motifs is 1. The quantitative estimate of drug-likeness (QED) is 0.376. The lowest BCUT2D eigenvalue weighted by Gasteiger charge is -2.17. The maximum atomic E-state index is 13.5. The molecule has 0 atom stereocenters. The third-order valence-electron chi connectivity index (χ3n) is 5.83. The summed E-state index contributed by atoms with van der Waals surface area (Å²) in [5, 5.41) is 2.94. The van der Waals surface area contributed by atoms with Gasteiger partial charge in [0.2, 0.25) is 0 Å². The number of benzene rings is 3. The van der Waals surface area contributed by atoms with Gasteiger partial charge >= 0.3 is 5.97 Å². The van der Waals surface area contributed by atoms with Crippen molar-refractivity contribution < 1.29 is 23.8 Å². The lowest BCUT2D eigenvalue weighted by atomic mass is 10.1. The fourth-order valence-electron chi connectivity index (χ4n) is 3.90. The van der Waals surface area contributed by atoms with Crippen molar-refractivity contribution in [3.63, 3.8) is 0 Å². The van der Waals surface area contributed by atoms with Crippen LogP contribution in [-0.2, 0) is 4.74 Å². The molecule has 1 N–H and O–H groups in total. The molecular formula is C27H27N3O5. The zero-order valence-electron chi connectivity index (χ0n) is 20.3. The summed E-state index contributed by atoms with van der Waals surface area (Å²) in [5.74, 6) is -0.197. The first-order valence-electron chi connectivity index (χ1n) is 11.2. The van der Waals surface area contributed by atoms with Crippen LogP contribution in [0.15, 0.2) is 54.9 Å². The number of methoxy groups -OCH3 is 2. The van der Waals surface area contributed by atoms with Crippen molar-refractivity contribution in [3.8, 4) is 17.2 Å². The van der Waals surface area contributed by atoms with E-state index in [9.17, 15) is 9.59 Å². The van der Waals surface area contributed by atoms with Crippen LogP contribution >= 0.6 is 0 Å². The molecular weight excluding hydrogens is 446 g/mol. The Morgan fingerprint density at radius 3 is 2.31 bits per heavy atom. The third-order valence-corrected chi connectivity index (χ3v) is 5.83. The molecule has 0 fully saturated rings. The number of imidazole rings is 1. The van der Waals surface area contributed by atoms with Gasteiger partial charge in [-0.3, -0.25) is 9.36 Å². The van der Waals surface area contributed by atoms with E-state index in [1.54, 1.807) is 49.6 Å². The monoisotopic (exact) mass is 473 g/mol. The molecule has 1 aromatic heterocycles. The van der Waals surface area contributed by atoms with Gasteiger partial charge in [-0.15, -0.1) is 0 Å². The highest BCUT2D eigenvalue weighted by molar-refractivity contribution is 6.09. The van der Waals surface area contributed by atoms with Crippen LogP contribution < -0.4 is 14.8 Å². The number of hydrogen-bond acceptors (Lipinski definition) is 6. The van der Waals surface area contributed by atoms with Crippen LogP contribution in [0.5, 0.6) is 11.5 Å². The first kappa shape index (κ1) is 23.8. The van der Waals surface area contributed by atoms with Crippen molar-refractivity contribution in [2.45, 2.75) is 20.8 Å². The molecule has 0 unspecified atom stereocenters. The first-order chi connectivity index (χ1) is 16.9. The number of carbonyl (C=O) groups is 2. The molecule has 1 heterocycles. The van der Waals surface area contributed by atoms with Crippen LogP contribution in [0, 0.1) is 13.8 Å². The first-order valence-corrected chi connectivity index (χ1v) is 11.2. The van der Waals surface area contributed by atoms with Gasteiger partial charge in [0.05, 0.1) is 48.8 Å². The molecule has 0 spiro atoms. The van der Waals surface area contributed by atoms with Gasteiger partial charge < -0.3 is 19.5 Å². The minimum absolute atomic E-state index is 0.242. The second-order valence-electron chi connectivity index (χ2n) is 7.98. The Morgan fingerprint density at radius 1 is 0.971 bits per heavy atom. The van der Waals surface area contributed by atoms with Crippen LogP contribution in [-0.4, -0.2) is 42.3 Å². The minimum Gasteiger partial charge on any atom is -0.496 e. The van der Waals surface area contributed by atoms with E-state index in [1.807, 2.05) is 30.5 Å². The van der Waals surface area contributed by atoms with Crippen molar-refractivity contribution in [1.29, 1.82) is 0 Å². The second kappa shape index (κ2) is 9.89. The zero-order valence-corrected chi connectivity index (χ0v) is 20.3.